The monoisotopic (exact) mass is 465 g/mol. The van der Waals surface area contributed by atoms with Gasteiger partial charge in [-0.2, -0.15) is 0 Å². The lowest BCUT2D eigenvalue weighted by molar-refractivity contribution is -0.383. The molecule has 5 nitrogen and oxygen atoms in total. The van der Waals surface area contributed by atoms with Crippen LogP contribution in [0.2, 0.25) is 0 Å². The smallest absolute Gasteiger partial charge is 0.292 e. The molecular formula is C27H35N3O2S. The lowest BCUT2D eigenvalue weighted by Crippen LogP contribution is -2.53. The Labute approximate surface area is 202 Å². The fourth-order valence-corrected chi connectivity index (χ4v) is 6.58. The van der Waals surface area contributed by atoms with Crippen LogP contribution in [0.1, 0.15) is 76.0 Å². The summed E-state index contributed by atoms with van der Waals surface area (Å²) >= 11 is 5.53. The van der Waals surface area contributed by atoms with Crippen molar-refractivity contribution in [1.82, 2.24) is 5.32 Å². The van der Waals surface area contributed by atoms with Crippen LogP contribution in [0.4, 0.5) is 11.4 Å². The van der Waals surface area contributed by atoms with Gasteiger partial charge in [0.05, 0.1) is 4.92 Å². The Kier molecular flexibility index (Phi) is 6.50. The molecule has 176 valence electrons. The molecule has 2 N–H and O–H groups in total. The number of anilines is 1. The largest absolute Gasteiger partial charge is 0.362 e. The van der Waals surface area contributed by atoms with Gasteiger partial charge >= 0.3 is 0 Å². The molecule has 0 amide bonds. The zero-order valence-corrected chi connectivity index (χ0v) is 20.9. The second kappa shape index (κ2) is 9.05. The predicted molar refractivity (Wildman–Crippen MR) is 139 cm³/mol. The number of thiocarbonyl (C=S) groups is 1. The highest BCUT2D eigenvalue weighted by Crippen LogP contribution is 2.57. The van der Waals surface area contributed by atoms with Crippen molar-refractivity contribution in [3.8, 4) is 0 Å². The lowest BCUT2D eigenvalue weighted by atomic mass is 9.49. The minimum Gasteiger partial charge on any atom is -0.362 e. The first kappa shape index (κ1) is 23.7. The Balaban J connectivity index is 1.50. The zero-order valence-electron chi connectivity index (χ0n) is 20.1. The van der Waals surface area contributed by atoms with Gasteiger partial charge in [-0.3, -0.25) is 10.1 Å². The van der Waals surface area contributed by atoms with Crippen molar-refractivity contribution < 1.29 is 4.92 Å². The number of benzene rings is 2. The normalized spacial score (nSPS) is 26.3. The highest BCUT2D eigenvalue weighted by atomic mass is 32.1. The average Bonchev–Trinajstić information content (AvgIpc) is 2.77. The third kappa shape index (κ3) is 4.50. The van der Waals surface area contributed by atoms with Crippen molar-refractivity contribution in [2.75, 3.05) is 11.9 Å². The van der Waals surface area contributed by atoms with Crippen molar-refractivity contribution in [3.63, 3.8) is 0 Å². The van der Waals surface area contributed by atoms with E-state index in [1.165, 1.54) is 42.0 Å². The molecule has 0 saturated heterocycles. The third-order valence-corrected chi connectivity index (χ3v) is 8.42. The summed E-state index contributed by atoms with van der Waals surface area (Å²) in [5.41, 5.74) is 5.23. The summed E-state index contributed by atoms with van der Waals surface area (Å²) in [6.45, 7) is 10.1. The number of aryl methyl sites for hydroxylation is 1. The standard InChI is InChI=1S/C27H35N3O2S/c1-18(2)19-10-12-21-20(16-19)11-13-24-26(3,14-7-15-27(21,24)4)17-28-25(33)29-22-8-5-6-9-23(22)30(31)32/h5-6,8-10,12,16,18,24H,7,11,13-15,17H2,1-4H3,(H2,28,29,33). The van der Waals surface area contributed by atoms with Crippen LogP contribution in [0.5, 0.6) is 0 Å². The third-order valence-electron chi connectivity index (χ3n) is 8.17. The molecule has 6 heteroatoms. The molecule has 3 atom stereocenters. The number of hydrogen-bond donors (Lipinski definition) is 2. The van der Waals surface area contributed by atoms with Crippen molar-refractivity contribution in [2.24, 2.45) is 11.3 Å². The van der Waals surface area contributed by atoms with E-state index < -0.39 is 0 Å². The number of hydrogen-bond acceptors (Lipinski definition) is 3. The van der Waals surface area contributed by atoms with E-state index in [4.69, 9.17) is 12.2 Å². The highest BCUT2D eigenvalue weighted by molar-refractivity contribution is 7.80. The molecular weight excluding hydrogens is 430 g/mol. The van der Waals surface area contributed by atoms with Gasteiger partial charge < -0.3 is 10.6 Å². The molecule has 0 bridgehead atoms. The molecule has 2 aliphatic carbocycles. The average molecular weight is 466 g/mol. The summed E-state index contributed by atoms with van der Waals surface area (Å²) in [6.07, 6.45) is 5.90. The second-order valence-corrected chi connectivity index (χ2v) is 11.1. The quantitative estimate of drug-likeness (QED) is 0.292. The molecule has 3 unspecified atom stereocenters. The van der Waals surface area contributed by atoms with Gasteiger partial charge in [0.15, 0.2) is 5.11 Å². The van der Waals surface area contributed by atoms with E-state index in [0.717, 1.165) is 19.4 Å². The number of rotatable bonds is 5. The Morgan fingerprint density at radius 3 is 2.70 bits per heavy atom. The molecule has 0 radical (unpaired) electrons. The maximum absolute atomic E-state index is 11.3. The molecule has 1 fully saturated rings. The number of nitrogens with one attached hydrogen (secondary N) is 2. The Bertz CT molecular complexity index is 1070. The van der Waals surface area contributed by atoms with Crippen LogP contribution in [0.15, 0.2) is 42.5 Å². The first-order chi connectivity index (χ1) is 15.6. The van der Waals surface area contributed by atoms with Crippen molar-refractivity contribution in [3.05, 3.63) is 69.3 Å². The predicted octanol–water partition coefficient (Wildman–Crippen LogP) is 6.72. The van der Waals surface area contributed by atoms with Crippen LogP contribution >= 0.6 is 12.2 Å². The van der Waals surface area contributed by atoms with E-state index in [9.17, 15) is 10.1 Å². The molecule has 33 heavy (non-hydrogen) atoms. The first-order valence-corrected chi connectivity index (χ1v) is 12.5. The van der Waals surface area contributed by atoms with Crippen molar-refractivity contribution in [2.45, 2.75) is 71.1 Å². The summed E-state index contributed by atoms with van der Waals surface area (Å²) in [5.74, 6) is 1.12. The van der Waals surface area contributed by atoms with Gasteiger partial charge in [0.25, 0.3) is 5.69 Å². The van der Waals surface area contributed by atoms with E-state index in [1.54, 1.807) is 18.2 Å². The fourth-order valence-electron chi connectivity index (χ4n) is 6.40. The molecule has 0 heterocycles. The molecule has 0 aromatic heterocycles. The summed E-state index contributed by atoms with van der Waals surface area (Å²) in [4.78, 5) is 10.9. The zero-order chi connectivity index (χ0) is 23.8. The van der Waals surface area contributed by atoms with Gasteiger partial charge in [-0.25, -0.2) is 0 Å². The topological polar surface area (TPSA) is 67.2 Å². The van der Waals surface area contributed by atoms with E-state index in [0.29, 0.717) is 22.6 Å². The van der Waals surface area contributed by atoms with Crippen LogP contribution in [0, 0.1) is 21.4 Å². The second-order valence-electron chi connectivity index (χ2n) is 10.7. The minimum absolute atomic E-state index is 0.0303. The number of fused-ring (bicyclic) bond motifs is 3. The summed E-state index contributed by atoms with van der Waals surface area (Å²) < 4.78 is 0. The van der Waals surface area contributed by atoms with E-state index in [1.807, 2.05) is 0 Å². The summed E-state index contributed by atoms with van der Waals surface area (Å²) in [6, 6.07) is 13.8. The van der Waals surface area contributed by atoms with Gasteiger partial charge in [0.2, 0.25) is 0 Å². The molecule has 2 aromatic rings. The van der Waals surface area contributed by atoms with Crippen LogP contribution in [0.3, 0.4) is 0 Å². The Morgan fingerprint density at radius 1 is 1.21 bits per heavy atom. The molecule has 0 aliphatic heterocycles. The van der Waals surface area contributed by atoms with E-state index in [2.05, 4.69) is 56.5 Å². The van der Waals surface area contributed by atoms with Gasteiger partial charge in [0, 0.05) is 12.6 Å². The number of nitro benzene ring substituents is 1. The van der Waals surface area contributed by atoms with E-state index in [-0.39, 0.29) is 21.4 Å². The molecule has 2 aliphatic rings. The van der Waals surface area contributed by atoms with E-state index >= 15 is 0 Å². The molecule has 1 saturated carbocycles. The maximum Gasteiger partial charge on any atom is 0.292 e. The molecule has 2 aromatic carbocycles. The number of para-hydroxylation sites is 2. The fraction of sp³-hybridized carbons (Fsp3) is 0.519. The van der Waals surface area contributed by atoms with Gasteiger partial charge in [-0.1, -0.05) is 64.4 Å². The first-order valence-electron chi connectivity index (χ1n) is 12.1. The van der Waals surface area contributed by atoms with Crippen LogP contribution in [0.25, 0.3) is 0 Å². The Morgan fingerprint density at radius 2 is 1.97 bits per heavy atom. The van der Waals surface area contributed by atoms with Gasteiger partial charge in [-0.05, 0) is 83.3 Å². The SMILES string of the molecule is CC(C)c1ccc2c(c1)CCC1C(C)(CNC(=S)Nc3ccccc3[N+](=O)[O-])CCCC21C. The van der Waals surface area contributed by atoms with Crippen LogP contribution < -0.4 is 10.6 Å². The Hall–Kier alpha value is -2.47. The molecule has 4 rings (SSSR count). The van der Waals surface area contributed by atoms with Crippen molar-refractivity contribution in [1.29, 1.82) is 0 Å². The molecule has 0 spiro atoms. The number of nitrogens with zero attached hydrogens (tertiary/aromatic N) is 1. The maximum atomic E-state index is 11.3. The number of nitro groups is 1. The van der Waals surface area contributed by atoms with Crippen LogP contribution in [-0.2, 0) is 11.8 Å². The lowest BCUT2D eigenvalue weighted by Gasteiger charge is -2.55. The van der Waals surface area contributed by atoms with Crippen LogP contribution in [-0.4, -0.2) is 16.6 Å². The van der Waals surface area contributed by atoms with Gasteiger partial charge in [-0.15, -0.1) is 0 Å². The summed E-state index contributed by atoms with van der Waals surface area (Å²) in [7, 11) is 0. The minimum atomic E-state index is -0.386. The van der Waals surface area contributed by atoms with Crippen molar-refractivity contribution >= 4 is 28.7 Å². The summed E-state index contributed by atoms with van der Waals surface area (Å²) in [5, 5.41) is 18.2. The highest BCUT2D eigenvalue weighted by Gasteiger charge is 2.51. The van der Waals surface area contributed by atoms with Gasteiger partial charge in [0.1, 0.15) is 5.69 Å².